The topological polar surface area (TPSA) is 48.1 Å². The molecule has 0 aliphatic rings. The molecule has 1 unspecified atom stereocenters. The molecule has 1 aromatic carbocycles. The molecule has 0 amide bonds. The van der Waals surface area contributed by atoms with Crippen LogP contribution >= 0.6 is 0 Å². The van der Waals surface area contributed by atoms with E-state index in [0.29, 0.717) is 6.42 Å². The number of methoxy groups -OCH3 is 1. The molecule has 1 heterocycles. The van der Waals surface area contributed by atoms with Crippen LogP contribution in [0, 0.1) is 5.82 Å². The van der Waals surface area contributed by atoms with Gasteiger partial charge in [-0.3, -0.25) is 4.98 Å². The van der Waals surface area contributed by atoms with Crippen molar-refractivity contribution in [2.24, 2.45) is 5.73 Å². The number of pyridine rings is 1. The minimum atomic E-state index is -0.359. The Kier molecular flexibility index (Phi) is 4.69. The van der Waals surface area contributed by atoms with E-state index in [2.05, 4.69) is 11.9 Å². The highest BCUT2D eigenvalue weighted by molar-refractivity contribution is 5.32. The number of hydrogen-bond acceptors (Lipinski definition) is 3. The second kappa shape index (κ2) is 6.48. The Hall–Kier alpha value is -1.94. The highest BCUT2D eigenvalue weighted by Gasteiger charge is 2.12. The van der Waals surface area contributed by atoms with E-state index in [1.54, 1.807) is 12.3 Å². The third kappa shape index (κ3) is 3.14. The number of rotatable bonds is 5. The number of aryl methyl sites for hydroxylation is 1. The van der Waals surface area contributed by atoms with Crippen LogP contribution in [0.15, 0.2) is 36.7 Å². The average molecular weight is 274 g/mol. The van der Waals surface area contributed by atoms with E-state index in [1.165, 1.54) is 13.2 Å². The number of nitrogens with zero attached hydrogens (tertiary/aromatic N) is 1. The summed E-state index contributed by atoms with van der Waals surface area (Å²) in [5.41, 5.74) is 9.30. The fraction of sp³-hybridized carbons (Fsp3) is 0.312. The van der Waals surface area contributed by atoms with Crippen LogP contribution in [0.3, 0.4) is 0 Å². The minimum absolute atomic E-state index is 0.166. The van der Waals surface area contributed by atoms with E-state index in [0.717, 1.165) is 23.1 Å². The Labute approximate surface area is 118 Å². The van der Waals surface area contributed by atoms with Gasteiger partial charge in [0.25, 0.3) is 0 Å². The van der Waals surface area contributed by atoms with E-state index in [-0.39, 0.29) is 17.6 Å². The van der Waals surface area contributed by atoms with Gasteiger partial charge in [-0.1, -0.05) is 13.0 Å². The van der Waals surface area contributed by atoms with Crippen molar-refractivity contribution in [3.8, 4) is 5.75 Å². The van der Waals surface area contributed by atoms with Gasteiger partial charge in [0.1, 0.15) is 0 Å². The van der Waals surface area contributed by atoms with E-state index >= 15 is 0 Å². The summed E-state index contributed by atoms with van der Waals surface area (Å²) in [5, 5.41) is 0. The smallest absolute Gasteiger partial charge is 0.165 e. The summed E-state index contributed by atoms with van der Waals surface area (Å²) in [6.07, 6.45) is 5.04. The van der Waals surface area contributed by atoms with Gasteiger partial charge in [-0.25, -0.2) is 4.39 Å². The van der Waals surface area contributed by atoms with Crippen LogP contribution < -0.4 is 10.5 Å². The lowest BCUT2D eigenvalue weighted by atomic mass is 9.96. The third-order valence-electron chi connectivity index (χ3n) is 3.39. The standard InChI is InChI=1S/C16H19FN2O/c1-3-12-10-19-7-6-13(12)15(18)9-11-4-5-16(20-2)14(17)8-11/h4-8,10,15H,3,9,18H2,1-2H3. The van der Waals surface area contributed by atoms with Crippen molar-refractivity contribution >= 4 is 0 Å². The Morgan fingerprint density at radius 2 is 2.15 bits per heavy atom. The van der Waals surface area contributed by atoms with Crippen LogP contribution in [-0.4, -0.2) is 12.1 Å². The number of benzene rings is 1. The molecule has 0 saturated heterocycles. The molecule has 0 aliphatic carbocycles. The van der Waals surface area contributed by atoms with Gasteiger partial charge < -0.3 is 10.5 Å². The molecule has 0 aliphatic heterocycles. The fourth-order valence-corrected chi connectivity index (χ4v) is 2.30. The van der Waals surface area contributed by atoms with Gasteiger partial charge in [0, 0.05) is 18.4 Å². The third-order valence-corrected chi connectivity index (χ3v) is 3.39. The van der Waals surface area contributed by atoms with Crippen molar-refractivity contribution in [2.45, 2.75) is 25.8 Å². The van der Waals surface area contributed by atoms with Gasteiger partial charge in [-0.15, -0.1) is 0 Å². The molecule has 0 saturated carbocycles. The van der Waals surface area contributed by atoms with Gasteiger partial charge in [0.2, 0.25) is 0 Å². The summed E-state index contributed by atoms with van der Waals surface area (Å²) in [6.45, 7) is 2.07. The normalized spacial score (nSPS) is 12.2. The molecule has 4 heteroatoms. The van der Waals surface area contributed by atoms with Crippen LogP contribution in [0.25, 0.3) is 0 Å². The number of ether oxygens (including phenoxy) is 1. The second-order valence-electron chi connectivity index (χ2n) is 4.71. The van der Waals surface area contributed by atoms with Gasteiger partial charge in [0.15, 0.2) is 11.6 Å². The van der Waals surface area contributed by atoms with Crippen molar-refractivity contribution in [1.29, 1.82) is 0 Å². The second-order valence-corrected chi connectivity index (χ2v) is 4.71. The summed E-state index contributed by atoms with van der Waals surface area (Å²) >= 11 is 0. The first-order chi connectivity index (χ1) is 9.65. The maximum atomic E-state index is 13.7. The molecule has 2 rings (SSSR count). The Morgan fingerprint density at radius 1 is 1.35 bits per heavy atom. The highest BCUT2D eigenvalue weighted by atomic mass is 19.1. The number of halogens is 1. The van der Waals surface area contributed by atoms with Crippen LogP contribution in [0.2, 0.25) is 0 Å². The Morgan fingerprint density at radius 3 is 2.80 bits per heavy atom. The SMILES string of the molecule is CCc1cnccc1C(N)Cc1ccc(OC)c(F)c1. The van der Waals surface area contributed by atoms with Crippen LogP contribution in [-0.2, 0) is 12.8 Å². The maximum Gasteiger partial charge on any atom is 0.165 e. The van der Waals surface area contributed by atoms with Crippen molar-refractivity contribution < 1.29 is 9.13 Å². The zero-order chi connectivity index (χ0) is 14.5. The molecule has 1 aromatic heterocycles. The average Bonchev–Trinajstić information content (AvgIpc) is 2.47. The lowest BCUT2D eigenvalue weighted by Gasteiger charge is -2.16. The van der Waals surface area contributed by atoms with Crippen LogP contribution in [0.4, 0.5) is 4.39 Å². The van der Waals surface area contributed by atoms with Crippen molar-refractivity contribution in [3.05, 3.63) is 59.2 Å². The molecule has 106 valence electrons. The largest absolute Gasteiger partial charge is 0.494 e. The zero-order valence-electron chi connectivity index (χ0n) is 11.8. The predicted octanol–water partition coefficient (Wildman–Crippen LogP) is 3.03. The maximum absolute atomic E-state index is 13.7. The summed E-state index contributed by atoms with van der Waals surface area (Å²) < 4.78 is 18.6. The van der Waals surface area contributed by atoms with Gasteiger partial charge in [0.05, 0.1) is 7.11 Å². The molecule has 1 atom stereocenters. The molecule has 20 heavy (non-hydrogen) atoms. The quantitative estimate of drug-likeness (QED) is 0.911. The molecule has 2 N–H and O–H groups in total. The first kappa shape index (κ1) is 14.5. The Bertz CT molecular complexity index is 586. The van der Waals surface area contributed by atoms with Crippen LogP contribution in [0.1, 0.15) is 29.7 Å². The Balaban J connectivity index is 2.19. The molecule has 3 nitrogen and oxygen atoms in total. The van der Waals surface area contributed by atoms with Crippen LogP contribution in [0.5, 0.6) is 5.75 Å². The fourth-order valence-electron chi connectivity index (χ4n) is 2.30. The van der Waals surface area contributed by atoms with E-state index in [9.17, 15) is 4.39 Å². The lowest BCUT2D eigenvalue weighted by Crippen LogP contribution is -2.15. The monoisotopic (exact) mass is 274 g/mol. The zero-order valence-corrected chi connectivity index (χ0v) is 11.8. The number of nitrogens with two attached hydrogens (primary N) is 1. The molecule has 0 bridgehead atoms. The van der Waals surface area contributed by atoms with Gasteiger partial charge >= 0.3 is 0 Å². The molecule has 0 radical (unpaired) electrons. The molecule has 0 fully saturated rings. The van der Waals surface area contributed by atoms with Gasteiger partial charge in [-0.2, -0.15) is 0 Å². The van der Waals surface area contributed by atoms with Crippen molar-refractivity contribution in [2.75, 3.05) is 7.11 Å². The number of hydrogen-bond donors (Lipinski definition) is 1. The minimum Gasteiger partial charge on any atom is -0.494 e. The van der Waals surface area contributed by atoms with E-state index < -0.39 is 0 Å². The van der Waals surface area contributed by atoms with Crippen molar-refractivity contribution in [1.82, 2.24) is 4.98 Å². The first-order valence-corrected chi connectivity index (χ1v) is 6.66. The summed E-state index contributed by atoms with van der Waals surface area (Å²) in [5.74, 6) is -0.108. The predicted molar refractivity (Wildman–Crippen MR) is 77.2 cm³/mol. The molecular weight excluding hydrogens is 255 g/mol. The van der Waals surface area contributed by atoms with Gasteiger partial charge in [-0.05, 0) is 47.7 Å². The molecule has 2 aromatic rings. The van der Waals surface area contributed by atoms with E-state index in [4.69, 9.17) is 10.5 Å². The summed E-state index contributed by atoms with van der Waals surface area (Å²) in [4.78, 5) is 4.11. The number of aromatic nitrogens is 1. The molecule has 0 spiro atoms. The van der Waals surface area contributed by atoms with E-state index in [1.807, 2.05) is 18.3 Å². The summed E-state index contributed by atoms with van der Waals surface area (Å²) in [6, 6.07) is 6.72. The first-order valence-electron chi connectivity index (χ1n) is 6.66. The summed E-state index contributed by atoms with van der Waals surface area (Å²) in [7, 11) is 1.45. The highest BCUT2D eigenvalue weighted by Crippen LogP contribution is 2.23. The van der Waals surface area contributed by atoms with Crippen molar-refractivity contribution in [3.63, 3.8) is 0 Å². The lowest BCUT2D eigenvalue weighted by molar-refractivity contribution is 0.386. The molecular formula is C16H19FN2O.